The molecule has 208 valence electrons. The van der Waals surface area contributed by atoms with Crippen LogP contribution in [0.25, 0.3) is 0 Å². The van der Waals surface area contributed by atoms with Crippen molar-refractivity contribution in [3.63, 3.8) is 0 Å². The summed E-state index contributed by atoms with van der Waals surface area (Å²) >= 11 is 0. The van der Waals surface area contributed by atoms with E-state index >= 15 is 0 Å². The van der Waals surface area contributed by atoms with Crippen molar-refractivity contribution in [3.05, 3.63) is 63.2 Å². The number of hydrogen-bond donors (Lipinski definition) is 2. The van der Waals surface area contributed by atoms with Crippen LogP contribution in [0.4, 0.5) is 0 Å². The van der Waals surface area contributed by atoms with E-state index in [2.05, 4.69) is 9.57 Å². The van der Waals surface area contributed by atoms with Gasteiger partial charge in [0, 0.05) is 13.3 Å². The lowest BCUT2D eigenvalue weighted by atomic mass is 9.96. The molecule has 2 atom stereocenters. The number of nitrogens with two attached hydrogens (primary N) is 1. The fourth-order valence-corrected chi connectivity index (χ4v) is 3.06. The molecular formula is C24H24N2O13. The van der Waals surface area contributed by atoms with Crippen LogP contribution in [0.3, 0.4) is 0 Å². The van der Waals surface area contributed by atoms with Crippen LogP contribution >= 0.6 is 0 Å². The molecular weight excluding hydrogens is 524 g/mol. The lowest BCUT2D eigenvalue weighted by Crippen LogP contribution is -2.43. The number of benzene rings is 2. The molecule has 0 radical (unpaired) electrons. The fraction of sp³-hybridized carbons (Fsp3) is 0.292. The second-order valence-corrected chi connectivity index (χ2v) is 7.68. The van der Waals surface area contributed by atoms with E-state index < -0.39 is 57.8 Å². The number of aliphatic hydroxyl groups is 1. The van der Waals surface area contributed by atoms with E-state index in [1.807, 2.05) is 0 Å². The van der Waals surface area contributed by atoms with Crippen LogP contribution in [-0.2, 0) is 24.0 Å². The average molecular weight is 548 g/mol. The van der Waals surface area contributed by atoms with E-state index in [9.17, 15) is 39.2 Å². The fourth-order valence-electron chi connectivity index (χ4n) is 3.06. The molecule has 0 aromatic heterocycles. The summed E-state index contributed by atoms with van der Waals surface area (Å²) in [6.07, 6.45) is -1.40. The maximum atomic E-state index is 13.8. The summed E-state index contributed by atoms with van der Waals surface area (Å²) in [7, 11) is 0. The maximum absolute atomic E-state index is 13.8. The molecule has 39 heavy (non-hydrogen) atoms. The van der Waals surface area contributed by atoms with Crippen LogP contribution in [0.1, 0.15) is 46.5 Å². The van der Waals surface area contributed by atoms with Gasteiger partial charge in [-0.05, 0) is 31.2 Å². The van der Waals surface area contributed by atoms with Gasteiger partial charge >= 0.3 is 24.4 Å². The molecule has 0 spiro atoms. The molecule has 0 fully saturated rings. The molecule has 2 aromatic rings. The summed E-state index contributed by atoms with van der Waals surface area (Å²) in [5.41, 5.74) is 4.24. The van der Waals surface area contributed by atoms with Gasteiger partial charge in [-0.25, -0.2) is 9.59 Å². The molecule has 3 N–H and O–H groups in total. The molecule has 0 heterocycles. The molecule has 15 heteroatoms. The highest BCUT2D eigenvalue weighted by Gasteiger charge is 2.32. The second kappa shape index (κ2) is 14.2. The van der Waals surface area contributed by atoms with Gasteiger partial charge in [0.05, 0.1) is 36.0 Å². The smallest absolute Gasteiger partial charge is 0.346 e. The average Bonchev–Trinajstić information content (AvgIpc) is 2.87. The first-order valence-corrected chi connectivity index (χ1v) is 11.2. The summed E-state index contributed by atoms with van der Waals surface area (Å²) in [6.45, 7) is 1.53. The van der Waals surface area contributed by atoms with Gasteiger partial charge in [0.2, 0.25) is 5.78 Å². The Hall–Kier alpha value is -4.89. The van der Waals surface area contributed by atoms with Gasteiger partial charge in [0.1, 0.15) is 11.8 Å². The zero-order valence-corrected chi connectivity index (χ0v) is 20.7. The number of ether oxygens (including phenoxy) is 4. The summed E-state index contributed by atoms with van der Waals surface area (Å²) in [4.78, 5) is 76.0. The van der Waals surface area contributed by atoms with Gasteiger partial charge in [0.15, 0.2) is 11.5 Å². The zero-order valence-electron chi connectivity index (χ0n) is 20.7. The number of aliphatic hydroxyl groups excluding tert-OH is 1. The maximum Gasteiger partial charge on any atom is 0.346 e. The lowest BCUT2D eigenvalue weighted by molar-refractivity contribution is -0.757. The molecule has 0 amide bonds. The number of nitrogens with zero attached hydrogens (tertiary/aromatic N) is 1. The number of carbonyl (C=O) groups excluding carboxylic acids is 5. The first kappa shape index (κ1) is 30.3. The molecule has 0 aliphatic heterocycles. The molecule has 0 bridgehead atoms. The second-order valence-electron chi connectivity index (χ2n) is 7.68. The first-order chi connectivity index (χ1) is 18.5. The molecule has 2 rings (SSSR count). The largest absolute Gasteiger partial charge is 0.490 e. The van der Waals surface area contributed by atoms with Crippen molar-refractivity contribution in [2.75, 3.05) is 13.2 Å². The van der Waals surface area contributed by atoms with Gasteiger partial charge in [-0.15, -0.1) is 10.1 Å². The number of para-hydroxylation sites is 1. The predicted molar refractivity (Wildman–Crippen MR) is 127 cm³/mol. The molecule has 0 unspecified atom stereocenters. The van der Waals surface area contributed by atoms with Crippen molar-refractivity contribution in [3.8, 4) is 17.2 Å². The SMILES string of the molecule is CC(=O)Oc1ccccc1C(=O)c1c(C(=O)OC=O)ccc(OCCCO[N+](=O)[O-])c1OC(=O)[C@@H](N)[C@@H](C)O. The lowest BCUT2D eigenvalue weighted by Gasteiger charge is -2.20. The van der Waals surface area contributed by atoms with E-state index in [1.54, 1.807) is 0 Å². The number of rotatable bonds is 14. The van der Waals surface area contributed by atoms with Gasteiger partial charge in [-0.2, -0.15) is 0 Å². The molecule has 0 saturated heterocycles. The van der Waals surface area contributed by atoms with Crippen molar-refractivity contribution in [1.82, 2.24) is 0 Å². The van der Waals surface area contributed by atoms with Crippen LogP contribution < -0.4 is 19.9 Å². The van der Waals surface area contributed by atoms with Gasteiger partial charge in [-0.3, -0.25) is 14.4 Å². The predicted octanol–water partition coefficient (Wildman–Crippen LogP) is 0.747. The molecule has 0 aliphatic carbocycles. The van der Waals surface area contributed by atoms with Gasteiger partial charge in [-0.1, -0.05) is 12.1 Å². The first-order valence-electron chi connectivity index (χ1n) is 11.2. The Kier molecular flexibility index (Phi) is 11.0. The normalized spacial score (nSPS) is 11.9. The molecule has 0 aliphatic rings. The third kappa shape index (κ3) is 8.31. The van der Waals surface area contributed by atoms with Crippen molar-refractivity contribution in [2.45, 2.75) is 32.4 Å². The highest BCUT2D eigenvalue weighted by molar-refractivity contribution is 6.18. The number of carbonyl (C=O) groups is 5. The number of esters is 3. The Balaban J connectivity index is 2.71. The Labute approximate surface area is 220 Å². The van der Waals surface area contributed by atoms with E-state index in [-0.39, 0.29) is 43.2 Å². The summed E-state index contributed by atoms with van der Waals surface area (Å²) in [5, 5.41) is 19.1. The van der Waals surface area contributed by atoms with Gasteiger partial charge < -0.3 is 34.6 Å². The van der Waals surface area contributed by atoms with E-state index in [0.717, 1.165) is 19.1 Å². The standard InChI is InChI=1S/C24H24N2O13/c1-13(28)20(25)24(32)39-22-18(35-10-5-11-37-26(33)34)9-8-16(23(31)36-12-27)19(22)21(30)15-6-3-4-7-17(15)38-14(2)29/h3-4,6-9,12-13,20,28H,5,10-11,25H2,1-2H3/t13-,20+/m1/s1. The van der Waals surface area contributed by atoms with Crippen molar-refractivity contribution in [2.24, 2.45) is 5.73 Å². The minimum Gasteiger partial charge on any atom is -0.490 e. The Bertz CT molecular complexity index is 1260. The highest BCUT2D eigenvalue weighted by Crippen LogP contribution is 2.38. The minimum absolute atomic E-state index is 0.0188. The van der Waals surface area contributed by atoms with Crippen molar-refractivity contribution in [1.29, 1.82) is 0 Å². The highest BCUT2D eigenvalue weighted by atomic mass is 16.9. The summed E-state index contributed by atoms with van der Waals surface area (Å²) in [6, 6.07) is 6.00. The summed E-state index contributed by atoms with van der Waals surface area (Å²) < 4.78 is 20.3. The van der Waals surface area contributed by atoms with E-state index in [4.69, 9.17) is 19.9 Å². The van der Waals surface area contributed by atoms with Crippen LogP contribution in [0.2, 0.25) is 0 Å². The monoisotopic (exact) mass is 548 g/mol. The number of hydrogen-bond acceptors (Lipinski definition) is 14. The Morgan fingerprint density at radius 2 is 1.74 bits per heavy atom. The minimum atomic E-state index is -1.59. The molecule has 0 saturated carbocycles. The van der Waals surface area contributed by atoms with Crippen LogP contribution in [0.15, 0.2) is 36.4 Å². The van der Waals surface area contributed by atoms with Crippen LogP contribution in [0.5, 0.6) is 17.2 Å². The summed E-state index contributed by atoms with van der Waals surface area (Å²) in [5.74, 6) is -5.45. The Morgan fingerprint density at radius 3 is 2.36 bits per heavy atom. The molecule has 2 aromatic carbocycles. The third-order valence-corrected chi connectivity index (χ3v) is 4.85. The quantitative estimate of drug-likeness (QED) is 0.0486. The zero-order chi connectivity index (χ0) is 29.1. The Morgan fingerprint density at radius 1 is 1.05 bits per heavy atom. The van der Waals surface area contributed by atoms with Crippen molar-refractivity contribution < 1.29 is 58.0 Å². The van der Waals surface area contributed by atoms with E-state index in [1.165, 1.54) is 31.2 Å². The third-order valence-electron chi connectivity index (χ3n) is 4.85. The number of ketones is 1. The van der Waals surface area contributed by atoms with E-state index in [0.29, 0.717) is 0 Å². The van der Waals surface area contributed by atoms with Crippen molar-refractivity contribution >= 4 is 30.2 Å². The van der Waals surface area contributed by atoms with Crippen LogP contribution in [0, 0.1) is 10.1 Å². The van der Waals surface area contributed by atoms with Crippen LogP contribution in [-0.4, -0.2) is 65.7 Å². The molecule has 15 nitrogen and oxygen atoms in total. The van der Waals surface area contributed by atoms with Gasteiger partial charge in [0.25, 0.3) is 5.09 Å². The topological polar surface area (TPSA) is 221 Å².